The van der Waals surface area contributed by atoms with Crippen LogP contribution in [0.3, 0.4) is 0 Å². The van der Waals surface area contributed by atoms with E-state index < -0.39 is 5.97 Å². The van der Waals surface area contributed by atoms with Gasteiger partial charge in [0.15, 0.2) is 5.69 Å². The van der Waals surface area contributed by atoms with Gasteiger partial charge in [0.05, 0.1) is 18.1 Å². The van der Waals surface area contributed by atoms with Gasteiger partial charge < -0.3 is 6.53 Å². The Morgan fingerprint density at radius 3 is 2.81 bits per heavy atom. The molecular formula is C9H9N4NaO2. The van der Waals surface area contributed by atoms with Gasteiger partial charge >= 0.3 is 35.5 Å². The second kappa shape index (κ2) is 5.20. The molecule has 0 amide bonds. The summed E-state index contributed by atoms with van der Waals surface area (Å²) in [4.78, 5) is 14.9. The minimum Gasteiger partial charge on any atom is -1.00 e. The molecule has 1 N–H and O–H groups in total. The first-order valence-electron chi connectivity index (χ1n) is 4.26. The van der Waals surface area contributed by atoms with Crippen LogP contribution in [0.5, 0.6) is 0 Å². The summed E-state index contributed by atoms with van der Waals surface area (Å²) in [6.07, 6.45) is 3.05. The Bertz CT molecular complexity index is 504. The fourth-order valence-corrected chi connectivity index (χ4v) is 1.23. The minimum absolute atomic E-state index is 0. The van der Waals surface area contributed by atoms with Gasteiger partial charge in [-0.2, -0.15) is 0 Å². The van der Waals surface area contributed by atoms with Crippen LogP contribution in [0.1, 0.15) is 17.6 Å². The van der Waals surface area contributed by atoms with Gasteiger partial charge in [-0.15, -0.1) is 5.10 Å². The maximum Gasteiger partial charge on any atom is 1.00 e. The first-order valence-corrected chi connectivity index (χ1v) is 4.26. The molecule has 0 aliphatic rings. The number of nitrogens with zero attached hydrogens (tertiary/aromatic N) is 4. The second-order valence-corrected chi connectivity index (χ2v) is 2.97. The SMILES string of the molecule is Cc1ccc(-n2ccnn2)c(C(=O)O)n1.[H-].[Na+]. The molecule has 16 heavy (non-hydrogen) atoms. The quantitative estimate of drug-likeness (QED) is 0.589. The summed E-state index contributed by atoms with van der Waals surface area (Å²) in [7, 11) is 0. The number of pyridine rings is 1. The van der Waals surface area contributed by atoms with Crippen molar-refractivity contribution in [2.24, 2.45) is 0 Å². The molecular weight excluding hydrogens is 219 g/mol. The van der Waals surface area contributed by atoms with Crippen molar-refractivity contribution in [1.82, 2.24) is 20.0 Å². The van der Waals surface area contributed by atoms with Crippen LogP contribution in [-0.2, 0) is 0 Å². The third kappa shape index (κ3) is 2.46. The molecule has 2 rings (SSSR count). The van der Waals surface area contributed by atoms with E-state index in [2.05, 4.69) is 15.3 Å². The standard InChI is InChI=1S/C9H8N4O2.Na.H/c1-6-2-3-7(8(11-6)9(14)15)13-5-4-10-12-13;;/h2-5H,1H3,(H,14,15);;/q;+1;-1. The Labute approximate surface area is 115 Å². The number of aromatic nitrogens is 4. The number of carbonyl (C=O) groups is 1. The van der Waals surface area contributed by atoms with Crippen molar-refractivity contribution in [3.63, 3.8) is 0 Å². The summed E-state index contributed by atoms with van der Waals surface area (Å²) in [5.41, 5.74) is 1.03. The molecule has 78 valence electrons. The Morgan fingerprint density at radius 2 is 2.25 bits per heavy atom. The third-order valence-electron chi connectivity index (χ3n) is 1.89. The maximum absolute atomic E-state index is 10.9. The number of aryl methyl sites for hydroxylation is 1. The fraction of sp³-hybridized carbons (Fsp3) is 0.111. The molecule has 0 atom stereocenters. The topological polar surface area (TPSA) is 80.9 Å². The van der Waals surface area contributed by atoms with Crippen molar-refractivity contribution < 1.29 is 40.9 Å². The largest absolute Gasteiger partial charge is 1.00 e. The van der Waals surface area contributed by atoms with Crippen LogP contribution in [-0.4, -0.2) is 31.1 Å². The molecule has 6 nitrogen and oxygen atoms in total. The molecule has 2 heterocycles. The minimum atomic E-state index is -1.08. The molecule has 0 unspecified atom stereocenters. The van der Waals surface area contributed by atoms with Crippen LogP contribution in [0.15, 0.2) is 24.5 Å². The molecule has 0 radical (unpaired) electrons. The van der Waals surface area contributed by atoms with E-state index in [1.165, 1.54) is 10.9 Å². The van der Waals surface area contributed by atoms with E-state index in [1.807, 2.05) is 0 Å². The van der Waals surface area contributed by atoms with Gasteiger partial charge in [0.25, 0.3) is 0 Å². The predicted octanol–water partition coefficient (Wildman–Crippen LogP) is -2.21. The van der Waals surface area contributed by atoms with E-state index in [9.17, 15) is 4.79 Å². The summed E-state index contributed by atoms with van der Waals surface area (Å²) in [5, 5.41) is 16.3. The Balaban J connectivity index is 0.00000128. The van der Waals surface area contributed by atoms with Crippen LogP contribution in [0.2, 0.25) is 0 Å². The van der Waals surface area contributed by atoms with Gasteiger partial charge in [-0.3, -0.25) is 0 Å². The summed E-state index contributed by atoms with van der Waals surface area (Å²) >= 11 is 0. The Kier molecular flexibility index (Phi) is 4.17. The van der Waals surface area contributed by atoms with Crippen molar-refractivity contribution in [2.45, 2.75) is 6.92 Å². The van der Waals surface area contributed by atoms with E-state index in [0.717, 1.165) is 0 Å². The zero-order valence-corrected chi connectivity index (χ0v) is 11.0. The number of aromatic carboxylic acids is 1. The monoisotopic (exact) mass is 228 g/mol. The molecule has 0 aliphatic heterocycles. The Morgan fingerprint density at radius 1 is 1.50 bits per heavy atom. The van der Waals surface area contributed by atoms with Gasteiger partial charge in [-0.25, -0.2) is 14.5 Å². The first-order chi connectivity index (χ1) is 7.18. The second-order valence-electron chi connectivity index (χ2n) is 2.97. The summed E-state index contributed by atoms with van der Waals surface area (Å²) in [6, 6.07) is 3.38. The molecule has 0 spiro atoms. The molecule has 0 aromatic carbocycles. The first kappa shape index (κ1) is 12.8. The third-order valence-corrected chi connectivity index (χ3v) is 1.89. The molecule has 0 fully saturated rings. The fourth-order valence-electron chi connectivity index (χ4n) is 1.23. The van der Waals surface area contributed by atoms with Crippen LogP contribution >= 0.6 is 0 Å². The molecule has 0 bridgehead atoms. The normalized spacial score (nSPS) is 9.56. The molecule has 0 saturated heterocycles. The van der Waals surface area contributed by atoms with E-state index >= 15 is 0 Å². The average Bonchev–Trinajstić information content (AvgIpc) is 2.70. The van der Waals surface area contributed by atoms with E-state index in [4.69, 9.17) is 5.11 Å². The van der Waals surface area contributed by atoms with Crippen LogP contribution in [0.25, 0.3) is 5.69 Å². The van der Waals surface area contributed by atoms with Crippen LogP contribution in [0, 0.1) is 6.92 Å². The number of rotatable bonds is 2. The number of carboxylic acids is 1. The van der Waals surface area contributed by atoms with Crippen molar-refractivity contribution >= 4 is 5.97 Å². The molecule has 2 aromatic heterocycles. The van der Waals surface area contributed by atoms with Gasteiger partial charge in [-0.1, -0.05) is 5.21 Å². The smallest absolute Gasteiger partial charge is 1.00 e. The zero-order chi connectivity index (χ0) is 10.8. The maximum atomic E-state index is 10.9. The van der Waals surface area contributed by atoms with Crippen molar-refractivity contribution in [1.29, 1.82) is 0 Å². The van der Waals surface area contributed by atoms with Crippen LogP contribution < -0.4 is 29.6 Å². The number of hydrogen-bond donors (Lipinski definition) is 1. The van der Waals surface area contributed by atoms with Crippen molar-refractivity contribution in [2.75, 3.05) is 0 Å². The molecule has 0 aliphatic carbocycles. The zero-order valence-electron chi connectivity index (χ0n) is 9.95. The van der Waals surface area contributed by atoms with Gasteiger partial charge in [0.1, 0.15) is 0 Å². The Hall–Kier alpha value is -1.24. The van der Waals surface area contributed by atoms with Gasteiger partial charge in [-0.05, 0) is 19.1 Å². The molecule has 2 aromatic rings. The number of carboxylic acid groups (broad SMARTS) is 1. The summed E-state index contributed by atoms with van der Waals surface area (Å²) in [5.74, 6) is -1.08. The van der Waals surface area contributed by atoms with E-state index in [1.54, 1.807) is 25.3 Å². The summed E-state index contributed by atoms with van der Waals surface area (Å²) in [6.45, 7) is 1.73. The predicted molar refractivity (Wildman–Crippen MR) is 52.0 cm³/mol. The van der Waals surface area contributed by atoms with E-state index in [-0.39, 0.29) is 36.7 Å². The molecule has 0 saturated carbocycles. The number of hydrogen-bond acceptors (Lipinski definition) is 4. The molecule has 7 heteroatoms. The van der Waals surface area contributed by atoms with Crippen LogP contribution in [0.4, 0.5) is 0 Å². The van der Waals surface area contributed by atoms with Gasteiger partial charge in [0.2, 0.25) is 0 Å². The summed E-state index contributed by atoms with van der Waals surface area (Å²) < 4.78 is 1.37. The average molecular weight is 228 g/mol. The van der Waals surface area contributed by atoms with Crippen molar-refractivity contribution in [3.8, 4) is 5.69 Å². The van der Waals surface area contributed by atoms with E-state index in [0.29, 0.717) is 11.4 Å². The van der Waals surface area contributed by atoms with Crippen molar-refractivity contribution in [3.05, 3.63) is 35.9 Å². The van der Waals surface area contributed by atoms with Gasteiger partial charge in [0, 0.05) is 5.69 Å².